The first-order valence-electron chi connectivity index (χ1n) is 7.67. The second-order valence-corrected chi connectivity index (χ2v) is 4.62. The lowest BCUT2D eigenvalue weighted by Crippen LogP contribution is -2.13. The van der Waals surface area contributed by atoms with Gasteiger partial charge in [0.1, 0.15) is 5.57 Å². The summed E-state index contributed by atoms with van der Waals surface area (Å²) in [5, 5.41) is 16.7. The van der Waals surface area contributed by atoms with Crippen LogP contribution in [0.25, 0.3) is 6.08 Å². The van der Waals surface area contributed by atoms with Crippen LogP contribution in [0.2, 0.25) is 0 Å². The summed E-state index contributed by atoms with van der Waals surface area (Å²) in [5.41, 5.74) is 1.53. The van der Waals surface area contributed by atoms with Gasteiger partial charge in [0.25, 0.3) is 0 Å². The molecule has 0 saturated carbocycles. The molecule has 1 rings (SSSR count). The summed E-state index contributed by atoms with van der Waals surface area (Å²) in [6.07, 6.45) is 10.7. The number of carbonyl (C=O) groups is 2. The van der Waals surface area contributed by atoms with Crippen LogP contribution >= 0.6 is 0 Å². The zero-order valence-corrected chi connectivity index (χ0v) is 14.6. The fraction of sp³-hybridized carbons (Fsp3) is 0.0952. The highest BCUT2D eigenvalue weighted by Crippen LogP contribution is 2.09. The van der Waals surface area contributed by atoms with Gasteiger partial charge in [-0.1, -0.05) is 61.7 Å². The molecule has 0 spiro atoms. The summed E-state index contributed by atoms with van der Waals surface area (Å²) in [7, 11) is 0. The van der Waals surface area contributed by atoms with Crippen molar-refractivity contribution < 1.29 is 19.4 Å². The SMILES string of the molecule is C=C(C(=O)O)C(=O)OCC.C=CC=CC(C=CC#N)=Cc1ccccc1. The molecule has 0 saturated heterocycles. The largest absolute Gasteiger partial charge is 0.477 e. The number of carboxylic acid groups (broad SMARTS) is 1. The number of ether oxygens (including phenoxy) is 1. The molecular formula is C21H21NO4. The van der Waals surface area contributed by atoms with E-state index in [4.69, 9.17) is 10.4 Å². The molecule has 0 atom stereocenters. The molecule has 0 aliphatic heterocycles. The molecule has 0 bridgehead atoms. The number of esters is 1. The van der Waals surface area contributed by atoms with E-state index in [1.54, 1.807) is 19.1 Å². The van der Waals surface area contributed by atoms with Crippen LogP contribution in [0.4, 0.5) is 0 Å². The van der Waals surface area contributed by atoms with Crippen LogP contribution in [0, 0.1) is 11.3 Å². The third-order valence-corrected chi connectivity index (χ3v) is 2.69. The maximum absolute atomic E-state index is 10.5. The average Bonchev–Trinajstić information content (AvgIpc) is 2.64. The number of hydrogen-bond donors (Lipinski definition) is 1. The van der Waals surface area contributed by atoms with Crippen LogP contribution in [0.1, 0.15) is 12.5 Å². The van der Waals surface area contributed by atoms with Crippen molar-refractivity contribution in [2.45, 2.75) is 6.92 Å². The molecule has 0 amide bonds. The number of hydrogen-bond acceptors (Lipinski definition) is 4. The predicted molar refractivity (Wildman–Crippen MR) is 102 cm³/mol. The normalized spacial score (nSPS) is 10.5. The van der Waals surface area contributed by atoms with Crippen molar-refractivity contribution in [2.75, 3.05) is 6.61 Å². The van der Waals surface area contributed by atoms with Gasteiger partial charge in [-0.3, -0.25) is 0 Å². The van der Waals surface area contributed by atoms with E-state index in [1.165, 1.54) is 6.08 Å². The smallest absolute Gasteiger partial charge is 0.344 e. The zero-order valence-electron chi connectivity index (χ0n) is 14.6. The Morgan fingerprint density at radius 1 is 1.27 bits per heavy atom. The van der Waals surface area contributed by atoms with E-state index in [9.17, 15) is 9.59 Å². The van der Waals surface area contributed by atoms with E-state index in [0.717, 1.165) is 11.1 Å². The van der Waals surface area contributed by atoms with E-state index in [1.807, 2.05) is 54.6 Å². The molecule has 134 valence electrons. The molecule has 5 nitrogen and oxygen atoms in total. The van der Waals surface area contributed by atoms with Crippen molar-refractivity contribution in [1.82, 2.24) is 0 Å². The molecule has 0 fully saturated rings. The van der Waals surface area contributed by atoms with E-state index < -0.39 is 17.5 Å². The maximum Gasteiger partial charge on any atom is 0.344 e. The number of allylic oxidation sites excluding steroid dienone is 6. The van der Waals surface area contributed by atoms with Crippen LogP contribution in [0.15, 0.2) is 85.0 Å². The second kappa shape index (κ2) is 13.8. The lowest BCUT2D eigenvalue weighted by Gasteiger charge is -1.98. The number of nitriles is 1. The van der Waals surface area contributed by atoms with Gasteiger partial charge in [-0.15, -0.1) is 0 Å². The van der Waals surface area contributed by atoms with E-state index in [0.29, 0.717) is 0 Å². The van der Waals surface area contributed by atoms with Gasteiger partial charge in [-0.25, -0.2) is 9.59 Å². The Kier molecular flexibility index (Phi) is 11.8. The summed E-state index contributed by atoms with van der Waals surface area (Å²) in [4.78, 5) is 20.5. The van der Waals surface area contributed by atoms with Gasteiger partial charge in [0.15, 0.2) is 0 Å². The Morgan fingerprint density at radius 2 is 1.92 bits per heavy atom. The fourth-order valence-corrected chi connectivity index (χ4v) is 1.51. The molecule has 0 radical (unpaired) electrons. The Hall–Kier alpha value is -3.65. The van der Waals surface area contributed by atoms with Crippen LogP contribution in [-0.4, -0.2) is 23.7 Å². The molecular weight excluding hydrogens is 330 g/mol. The second-order valence-electron chi connectivity index (χ2n) is 4.62. The number of rotatable bonds is 7. The van der Waals surface area contributed by atoms with Gasteiger partial charge in [0.05, 0.1) is 12.7 Å². The highest BCUT2D eigenvalue weighted by molar-refractivity contribution is 6.12. The van der Waals surface area contributed by atoms with Crippen molar-refractivity contribution in [1.29, 1.82) is 5.26 Å². The van der Waals surface area contributed by atoms with Crippen molar-refractivity contribution in [3.63, 3.8) is 0 Å². The van der Waals surface area contributed by atoms with E-state index in [-0.39, 0.29) is 6.61 Å². The van der Waals surface area contributed by atoms with Gasteiger partial charge in [-0.05, 0) is 30.2 Å². The summed E-state index contributed by atoms with van der Waals surface area (Å²) < 4.78 is 4.35. The highest BCUT2D eigenvalue weighted by atomic mass is 16.5. The van der Waals surface area contributed by atoms with Gasteiger partial charge in [-0.2, -0.15) is 5.26 Å². The monoisotopic (exact) mass is 351 g/mol. The van der Waals surface area contributed by atoms with Crippen molar-refractivity contribution in [3.05, 3.63) is 90.6 Å². The lowest BCUT2D eigenvalue weighted by atomic mass is 10.1. The molecule has 1 aromatic rings. The number of carbonyl (C=O) groups excluding carboxylic acids is 1. The lowest BCUT2D eigenvalue weighted by molar-refractivity contribution is -0.143. The summed E-state index contributed by atoms with van der Waals surface area (Å²) in [6, 6.07) is 11.9. The molecule has 5 heteroatoms. The Bertz CT molecular complexity index is 750. The number of benzene rings is 1. The molecule has 26 heavy (non-hydrogen) atoms. The summed E-state index contributed by atoms with van der Waals surface area (Å²) >= 11 is 0. The Morgan fingerprint density at radius 3 is 2.42 bits per heavy atom. The topological polar surface area (TPSA) is 87.4 Å². The van der Waals surface area contributed by atoms with E-state index >= 15 is 0 Å². The van der Waals surface area contributed by atoms with Gasteiger partial charge in [0, 0.05) is 6.08 Å². The summed E-state index contributed by atoms with van der Waals surface area (Å²) in [5.74, 6) is -2.23. The van der Waals surface area contributed by atoms with E-state index in [2.05, 4.69) is 17.9 Å². The third-order valence-electron chi connectivity index (χ3n) is 2.69. The molecule has 1 aromatic carbocycles. The minimum atomic E-state index is -1.35. The van der Waals surface area contributed by atoms with Crippen molar-refractivity contribution >= 4 is 18.0 Å². The van der Waals surface area contributed by atoms with Crippen LogP contribution < -0.4 is 0 Å². The number of carboxylic acids is 1. The minimum absolute atomic E-state index is 0.158. The van der Waals surface area contributed by atoms with Crippen LogP contribution in [0.5, 0.6) is 0 Å². The van der Waals surface area contributed by atoms with Crippen LogP contribution in [0.3, 0.4) is 0 Å². The third kappa shape index (κ3) is 10.2. The first kappa shape index (κ1) is 22.4. The molecule has 0 aliphatic carbocycles. The van der Waals surface area contributed by atoms with Crippen molar-refractivity contribution in [2.24, 2.45) is 0 Å². The Balaban J connectivity index is 0.000000541. The van der Waals surface area contributed by atoms with Gasteiger partial charge >= 0.3 is 11.9 Å². The highest BCUT2D eigenvalue weighted by Gasteiger charge is 2.14. The van der Waals surface area contributed by atoms with Crippen molar-refractivity contribution in [3.8, 4) is 6.07 Å². The van der Waals surface area contributed by atoms with Gasteiger partial charge in [0.2, 0.25) is 0 Å². The standard InChI is InChI=1S/C15H13N.C6H8O4/c1-2-3-8-14(11-7-12-16)13-15-9-5-4-6-10-15;1-3-10-6(9)4(2)5(7)8/h2-11,13H,1H2;2-3H2,1H3,(H,7,8). The number of nitrogens with zero attached hydrogens (tertiary/aromatic N) is 1. The molecule has 1 N–H and O–H groups in total. The molecule has 0 heterocycles. The first-order valence-corrected chi connectivity index (χ1v) is 7.67. The molecule has 0 aliphatic rings. The Labute approximate surface area is 153 Å². The maximum atomic E-state index is 10.5. The fourth-order valence-electron chi connectivity index (χ4n) is 1.51. The quantitative estimate of drug-likeness (QED) is 0.200. The van der Waals surface area contributed by atoms with Crippen LogP contribution in [-0.2, 0) is 14.3 Å². The average molecular weight is 351 g/mol. The van der Waals surface area contributed by atoms with Gasteiger partial charge < -0.3 is 9.84 Å². The summed E-state index contributed by atoms with van der Waals surface area (Å²) in [6.45, 7) is 8.36. The molecule has 0 unspecified atom stereocenters. The molecule has 0 aromatic heterocycles. The minimum Gasteiger partial charge on any atom is -0.477 e. The number of aliphatic carboxylic acids is 1. The zero-order chi connectivity index (χ0) is 19.8. The first-order chi connectivity index (χ1) is 12.5. The predicted octanol–water partition coefficient (Wildman–Crippen LogP) is 4.08.